The molecule has 0 N–H and O–H groups in total. The van der Waals surface area contributed by atoms with Gasteiger partial charge in [-0.3, -0.25) is 0 Å². The fourth-order valence-corrected chi connectivity index (χ4v) is 1.78. The highest BCUT2D eigenvalue weighted by Crippen LogP contribution is 2.22. The highest BCUT2D eigenvalue weighted by Gasteiger charge is 2.01. The molecule has 1 rings (SSSR count). The van der Waals surface area contributed by atoms with Crippen LogP contribution in [-0.4, -0.2) is 12.6 Å². The molecule has 0 heterocycles. The number of ether oxygens (including phenoxy) is 1. The predicted molar refractivity (Wildman–Crippen MR) is 77.9 cm³/mol. The molecular weight excluding hydrogens is 367 g/mol. The Hall–Kier alpha value is -0.940. The minimum Gasteiger partial charge on any atom is -0.463 e. The van der Waals surface area contributed by atoms with Gasteiger partial charge in [-0.15, -0.1) is 0 Å². The molecule has 1 aromatic carbocycles. The average Bonchev–Trinajstić information content (AvgIpc) is 2.29. The number of hydrogen-bond donors (Lipinski definition) is 0. The number of carbonyl (C=O) groups excluding carboxylic acids is 1. The molecule has 96 valence electrons. The van der Waals surface area contributed by atoms with Crippen molar-refractivity contribution in [1.82, 2.24) is 0 Å². The molecule has 0 radical (unpaired) electrons. The van der Waals surface area contributed by atoms with Crippen molar-refractivity contribution in [2.75, 3.05) is 6.61 Å². The molecule has 0 amide bonds. The van der Waals surface area contributed by atoms with E-state index in [-0.39, 0.29) is 5.82 Å². The normalized spacial score (nSPS) is 10.4. The lowest BCUT2D eigenvalue weighted by Crippen LogP contribution is -1.98. The monoisotopic (exact) mass is 376 g/mol. The van der Waals surface area contributed by atoms with Crippen LogP contribution in [0, 0.1) is 5.82 Å². The van der Waals surface area contributed by atoms with Crippen LogP contribution in [0.25, 0.3) is 12.2 Å². The minimum absolute atomic E-state index is 0.312. The molecule has 0 spiro atoms. The molecule has 18 heavy (non-hydrogen) atoms. The van der Waals surface area contributed by atoms with Crippen LogP contribution in [0.3, 0.4) is 0 Å². The van der Waals surface area contributed by atoms with Gasteiger partial charge in [-0.1, -0.05) is 6.07 Å². The van der Waals surface area contributed by atoms with Gasteiger partial charge >= 0.3 is 5.97 Å². The van der Waals surface area contributed by atoms with Crippen molar-refractivity contribution in [2.45, 2.75) is 6.92 Å². The van der Waals surface area contributed by atoms with Crippen LogP contribution in [0.5, 0.6) is 0 Å². The fourth-order valence-electron chi connectivity index (χ4n) is 1.29. The molecule has 0 saturated heterocycles. The van der Waals surface area contributed by atoms with E-state index in [1.165, 1.54) is 24.3 Å². The van der Waals surface area contributed by atoms with Gasteiger partial charge in [-0.2, -0.15) is 0 Å². The van der Waals surface area contributed by atoms with Crippen LogP contribution in [0.2, 0.25) is 0 Å². The molecule has 0 unspecified atom stereocenters. The Balaban J connectivity index is 3.02. The molecular formula is C13H11Br2FO2. The summed E-state index contributed by atoms with van der Waals surface area (Å²) in [5.41, 5.74) is 1.38. The zero-order valence-electron chi connectivity index (χ0n) is 9.62. The van der Waals surface area contributed by atoms with Crippen molar-refractivity contribution in [3.8, 4) is 0 Å². The van der Waals surface area contributed by atoms with Gasteiger partial charge < -0.3 is 4.74 Å². The van der Waals surface area contributed by atoms with Crippen LogP contribution in [-0.2, 0) is 9.53 Å². The van der Waals surface area contributed by atoms with Gasteiger partial charge in [0.15, 0.2) is 0 Å². The van der Waals surface area contributed by atoms with Crippen LogP contribution < -0.4 is 0 Å². The zero-order valence-corrected chi connectivity index (χ0v) is 12.8. The second-order valence-electron chi connectivity index (χ2n) is 3.29. The van der Waals surface area contributed by atoms with Crippen LogP contribution in [0.4, 0.5) is 4.39 Å². The van der Waals surface area contributed by atoms with E-state index in [1.807, 2.05) is 0 Å². The largest absolute Gasteiger partial charge is 0.463 e. The van der Waals surface area contributed by atoms with E-state index in [1.54, 1.807) is 19.1 Å². The van der Waals surface area contributed by atoms with Gasteiger partial charge in [0, 0.05) is 6.08 Å². The Bertz CT molecular complexity index is 492. The molecule has 0 aliphatic heterocycles. The summed E-state index contributed by atoms with van der Waals surface area (Å²) in [7, 11) is 0. The summed E-state index contributed by atoms with van der Waals surface area (Å²) < 4.78 is 18.7. The summed E-state index contributed by atoms with van der Waals surface area (Å²) in [6.07, 6.45) is 4.57. The number of rotatable bonds is 4. The first-order valence-electron chi connectivity index (χ1n) is 5.20. The Kier molecular flexibility index (Phi) is 6.29. The number of benzene rings is 1. The molecule has 0 saturated carbocycles. The van der Waals surface area contributed by atoms with E-state index in [0.717, 1.165) is 8.96 Å². The Morgan fingerprint density at radius 2 is 2.11 bits per heavy atom. The van der Waals surface area contributed by atoms with E-state index in [9.17, 15) is 9.18 Å². The Morgan fingerprint density at radius 3 is 2.72 bits per heavy atom. The second-order valence-corrected chi connectivity index (χ2v) is 6.07. The first-order valence-corrected chi connectivity index (χ1v) is 6.78. The van der Waals surface area contributed by atoms with Crippen molar-refractivity contribution in [2.24, 2.45) is 0 Å². The lowest BCUT2D eigenvalue weighted by molar-refractivity contribution is -0.137. The zero-order chi connectivity index (χ0) is 13.5. The van der Waals surface area contributed by atoms with Crippen molar-refractivity contribution in [3.05, 3.63) is 44.6 Å². The summed E-state index contributed by atoms with van der Waals surface area (Å²) in [6, 6.07) is 4.34. The molecule has 1 aromatic rings. The van der Waals surface area contributed by atoms with E-state index in [0.29, 0.717) is 12.2 Å². The number of hydrogen-bond acceptors (Lipinski definition) is 2. The summed E-state index contributed by atoms with van der Waals surface area (Å²) in [5, 5.41) is 0. The van der Waals surface area contributed by atoms with Crippen LogP contribution >= 0.6 is 31.9 Å². The van der Waals surface area contributed by atoms with E-state index in [2.05, 4.69) is 31.9 Å². The molecule has 0 aliphatic rings. The highest BCUT2D eigenvalue weighted by molar-refractivity contribution is 9.28. The third kappa shape index (κ3) is 5.14. The minimum atomic E-state index is -0.449. The second kappa shape index (κ2) is 7.48. The molecule has 2 nitrogen and oxygen atoms in total. The van der Waals surface area contributed by atoms with Gasteiger partial charge in [-0.25, -0.2) is 9.18 Å². The maximum atomic E-state index is 13.2. The summed E-state index contributed by atoms with van der Waals surface area (Å²) in [6.45, 7) is 2.04. The summed E-state index contributed by atoms with van der Waals surface area (Å²) in [5.74, 6) is -0.809. The van der Waals surface area contributed by atoms with Crippen molar-refractivity contribution >= 4 is 50.0 Å². The predicted octanol–water partition coefficient (Wildman–Crippen LogP) is 4.49. The first kappa shape index (κ1) is 15.1. The quantitative estimate of drug-likeness (QED) is 0.570. The summed E-state index contributed by atoms with van der Waals surface area (Å²) >= 11 is 6.47. The van der Waals surface area contributed by atoms with Crippen molar-refractivity contribution in [1.29, 1.82) is 0 Å². The van der Waals surface area contributed by atoms with Gasteiger partial charge in [0.05, 0.1) is 10.00 Å². The number of carbonyl (C=O) groups is 1. The number of esters is 1. The van der Waals surface area contributed by atoms with Gasteiger partial charge in [0.25, 0.3) is 0 Å². The lowest BCUT2D eigenvalue weighted by Gasteiger charge is -2.02. The fraction of sp³-hybridized carbons (Fsp3) is 0.154. The van der Waals surface area contributed by atoms with Crippen LogP contribution in [0.15, 0.2) is 27.7 Å². The van der Waals surface area contributed by atoms with Gasteiger partial charge in [0.1, 0.15) is 5.82 Å². The van der Waals surface area contributed by atoms with Gasteiger partial charge in [-0.05, 0) is 74.2 Å². The molecule has 5 heteroatoms. The average molecular weight is 378 g/mol. The third-order valence-electron chi connectivity index (χ3n) is 2.00. The maximum Gasteiger partial charge on any atom is 0.330 e. The SMILES string of the molecule is CCOC(=O)/C=C/c1cc(F)ccc1C=C(Br)Br. The Labute approximate surface area is 122 Å². The molecule has 0 aromatic heterocycles. The summed E-state index contributed by atoms with van der Waals surface area (Å²) in [4.78, 5) is 11.2. The molecule has 0 aliphatic carbocycles. The molecule has 0 fully saturated rings. The lowest BCUT2D eigenvalue weighted by atomic mass is 10.1. The maximum absolute atomic E-state index is 13.2. The van der Waals surface area contributed by atoms with Crippen LogP contribution in [0.1, 0.15) is 18.1 Å². The first-order chi connectivity index (χ1) is 8.52. The van der Waals surface area contributed by atoms with Crippen molar-refractivity contribution in [3.63, 3.8) is 0 Å². The standard InChI is InChI=1S/C13H11Br2FO2/c1-2-18-13(17)6-4-9-7-11(16)5-3-10(9)8-12(14)15/h3-8H,2H2,1H3/b6-4+. The molecule has 0 bridgehead atoms. The third-order valence-corrected chi connectivity index (χ3v) is 2.46. The highest BCUT2D eigenvalue weighted by atomic mass is 79.9. The van der Waals surface area contributed by atoms with Crippen molar-refractivity contribution < 1.29 is 13.9 Å². The smallest absolute Gasteiger partial charge is 0.330 e. The van der Waals surface area contributed by atoms with E-state index in [4.69, 9.17) is 4.74 Å². The number of halogens is 3. The van der Waals surface area contributed by atoms with Gasteiger partial charge in [0.2, 0.25) is 0 Å². The topological polar surface area (TPSA) is 26.3 Å². The van der Waals surface area contributed by atoms with E-state index < -0.39 is 5.97 Å². The van der Waals surface area contributed by atoms with E-state index >= 15 is 0 Å². The Morgan fingerprint density at radius 1 is 1.39 bits per heavy atom. The molecule has 0 atom stereocenters.